The molecule has 0 aromatic rings. The number of carboxylic acid groups (broad SMARTS) is 1. The van der Waals surface area contributed by atoms with Crippen LogP contribution >= 0.6 is 11.8 Å². The van der Waals surface area contributed by atoms with Gasteiger partial charge in [0.1, 0.15) is 11.6 Å². The summed E-state index contributed by atoms with van der Waals surface area (Å²) < 4.78 is 5.07. The van der Waals surface area contributed by atoms with Crippen molar-refractivity contribution in [1.82, 2.24) is 5.32 Å². The maximum Gasteiger partial charge on any atom is 0.408 e. The number of ether oxygens (including phenoxy) is 1. The van der Waals surface area contributed by atoms with Gasteiger partial charge in [-0.15, -0.1) is 0 Å². The highest BCUT2D eigenvalue weighted by Gasteiger charge is 2.23. The van der Waals surface area contributed by atoms with Crippen molar-refractivity contribution in [2.75, 3.05) is 11.5 Å². The predicted molar refractivity (Wildman–Crippen MR) is 86.8 cm³/mol. The molecule has 2 N–H and O–H groups in total. The van der Waals surface area contributed by atoms with E-state index in [1.165, 1.54) is 0 Å². The second-order valence-electron chi connectivity index (χ2n) is 7.25. The molecular formula is C15H29NO4S. The van der Waals surface area contributed by atoms with Gasteiger partial charge in [-0.05, 0) is 50.5 Å². The molecule has 124 valence electrons. The molecule has 0 aliphatic heterocycles. The number of aliphatic carboxylic acids is 1. The van der Waals surface area contributed by atoms with Crippen molar-refractivity contribution in [2.24, 2.45) is 5.41 Å². The lowest BCUT2D eigenvalue weighted by molar-refractivity contribution is -0.139. The topological polar surface area (TPSA) is 75.6 Å². The SMILES string of the molecule is CC(C)(C)CCSCC[C@H](NC(=O)OC(C)(C)C)C(=O)O. The van der Waals surface area contributed by atoms with E-state index in [1.54, 1.807) is 32.5 Å². The van der Waals surface area contributed by atoms with Gasteiger partial charge >= 0.3 is 12.1 Å². The van der Waals surface area contributed by atoms with Crippen LogP contribution in [0.3, 0.4) is 0 Å². The molecule has 0 bridgehead atoms. The van der Waals surface area contributed by atoms with Gasteiger partial charge in [-0.1, -0.05) is 20.8 Å². The van der Waals surface area contributed by atoms with Crippen LogP contribution in [0.25, 0.3) is 0 Å². The number of rotatable bonds is 7. The average Bonchev–Trinajstić information content (AvgIpc) is 2.22. The van der Waals surface area contributed by atoms with Crippen molar-refractivity contribution < 1.29 is 19.4 Å². The maximum atomic E-state index is 11.6. The Balaban J connectivity index is 4.09. The smallest absolute Gasteiger partial charge is 0.408 e. The molecule has 0 radical (unpaired) electrons. The molecule has 1 atom stereocenters. The Morgan fingerprint density at radius 3 is 2.14 bits per heavy atom. The highest BCUT2D eigenvalue weighted by atomic mass is 32.2. The van der Waals surface area contributed by atoms with Crippen molar-refractivity contribution in [3.8, 4) is 0 Å². The van der Waals surface area contributed by atoms with Gasteiger partial charge in [-0.25, -0.2) is 9.59 Å². The molecule has 0 aliphatic carbocycles. The van der Waals surface area contributed by atoms with E-state index in [1.807, 2.05) is 0 Å². The van der Waals surface area contributed by atoms with Crippen LogP contribution < -0.4 is 5.32 Å². The van der Waals surface area contributed by atoms with Gasteiger partial charge in [0.25, 0.3) is 0 Å². The molecule has 1 amide bonds. The first-order valence-electron chi connectivity index (χ1n) is 7.21. The van der Waals surface area contributed by atoms with E-state index in [0.717, 1.165) is 12.2 Å². The fraction of sp³-hybridized carbons (Fsp3) is 0.867. The van der Waals surface area contributed by atoms with Crippen LogP contribution in [0.4, 0.5) is 4.79 Å². The summed E-state index contributed by atoms with van der Waals surface area (Å²) in [6, 6.07) is -0.901. The number of hydrogen-bond donors (Lipinski definition) is 2. The van der Waals surface area contributed by atoms with E-state index in [0.29, 0.717) is 12.2 Å². The van der Waals surface area contributed by atoms with Crippen molar-refractivity contribution >= 4 is 23.8 Å². The molecular weight excluding hydrogens is 290 g/mol. The number of alkyl carbamates (subject to hydrolysis) is 1. The zero-order valence-electron chi connectivity index (χ0n) is 14.0. The summed E-state index contributed by atoms with van der Waals surface area (Å²) in [5.74, 6) is 0.655. The monoisotopic (exact) mass is 319 g/mol. The van der Waals surface area contributed by atoms with Gasteiger partial charge in [0.15, 0.2) is 0 Å². The number of carbonyl (C=O) groups excluding carboxylic acids is 1. The number of thioether (sulfide) groups is 1. The number of nitrogens with one attached hydrogen (secondary N) is 1. The number of hydrogen-bond acceptors (Lipinski definition) is 4. The van der Waals surface area contributed by atoms with Gasteiger partial charge in [0.05, 0.1) is 0 Å². The first-order chi connectivity index (χ1) is 9.41. The van der Waals surface area contributed by atoms with Crippen molar-refractivity contribution in [2.45, 2.75) is 66.0 Å². The molecule has 0 fully saturated rings. The Hall–Kier alpha value is -0.910. The number of amides is 1. The fourth-order valence-electron chi connectivity index (χ4n) is 1.39. The van der Waals surface area contributed by atoms with Crippen LogP contribution in [0.1, 0.15) is 54.4 Å². The lowest BCUT2D eigenvalue weighted by Gasteiger charge is -2.22. The molecule has 21 heavy (non-hydrogen) atoms. The highest BCUT2D eigenvalue weighted by Crippen LogP contribution is 2.21. The summed E-state index contributed by atoms with van der Waals surface area (Å²) in [7, 11) is 0. The molecule has 0 unspecified atom stereocenters. The first-order valence-corrected chi connectivity index (χ1v) is 8.36. The van der Waals surface area contributed by atoms with E-state index in [9.17, 15) is 9.59 Å². The molecule has 0 saturated carbocycles. The Morgan fingerprint density at radius 2 is 1.71 bits per heavy atom. The van der Waals surface area contributed by atoms with Crippen LogP contribution in [0, 0.1) is 5.41 Å². The summed E-state index contributed by atoms with van der Waals surface area (Å²) >= 11 is 1.71. The number of carboxylic acids is 1. The highest BCUT2D eigenvalue weighted by molar-refractivity contribution is 7.99. The van der Waals surface area contributed by atoms with E-state index in [2.05, 4.69) is 26.1 Å². The Bertz CT molecular complexity index is 345. The van der Waals surface area contributed by atoms with Gasteiger partial charge < -0.3 is 15.2 Å². The van der Waals surface area contributed by atoms with Crippen LogP contribution in [0.2, 0.25) is 0 Å². The summed E-state index contributed by atoms with van der Waals surface area (Å²) in [4.78, 5) is 22.7. The van der Waals surface area contributed by atoms with Crippen LogP contribution in [-0.4, -0.2) is 40.3 Å². The quantitative estimate of drug-likeness (QED) is 0.702. The second-order valence-corrected chi connectivity index (χ2v) is 8.47. The van der Waals surface area contributed by atoms with Gasteiger partial charge in [-0.3, -0.25) is 0 Å². The van der Waals surface area contributed by atoms with Crippen LogP contribution in [0.5, 0.6) is 0 Å². The minimum Gasteiger partial charge on any atom is -0.480 e. The molecule has 6 heteroatoms. The normalized spacial score (nSPS) is 13.6. The lowest BCUT2D eigenvalue weighted by atomic mass is 9.94. The second kappa shape index (κ2) is 8.51. The van der Waals surface area contributed by atoms with Crippen LogP contribution in [-0.2, 0) is 9.53 Å². The molecule has 0 rings (SSSR count). The molecule has 0 aliphatic rings. The molecule has 0 saturated heterocycles. The largest absolute Gasteiger partial charge is 0.480 e. The Kier molecular flexibility index (Phi) is 8.14. The zero-order valence-corrected chi connectivity index (χ0v) is 14.8. The van der Waals surface area contributed by atoms with Gasteiger partial charge in [0.2, 0.25) is 0 Å². The molecule has 5 nitrogen and oxygen atoms in total. The minimum atomic E-state index is -1.03. The third-order valence-corrected chi connectivity index (χ3v) is 3.55. The summed E-state index contributed by atoms with van der Waals surface area (Å²) in [6.07, 6.45) is 0.785. The minimum absolute atomic E-state index is 0.286. The first kappa shape index (κ1) is 20.1. The van der Waals surface area contributed by atoms with E-state index < -0.39 is 23.7 Å². The summed E-state index contributed by atoms with van der Waals surface area (Å²) in [6.45, 7) is 11.8. The third kappa shape index (κ3) is 12.5. The van der Waals surface area contributed by atoms with Crippen LogP contribution in [0.15, 0.2) is 0 Å². The van der Waals surface area contributed by atoms with Crippen molar-refractivity contribution in [3.05, 3.63) is 0 Å². The zero-order chi connectivity index (χ0) is 16.7. The van der Waals surface area contributed by atoms with E-state index in [-0.39, 0.29) is 5.41 Å². The molecule has 0 heterocycles. The Morgan fingerprint density at radius 1 is 1.14 bits per heavy atom. The molecule has 0 aromatic carbocycles. The van der Waals surface area contributed by atoms with Gasteiger partial charge in [-0.2, -0.15) is 11.8 Å². The molecule has 0 aromatic heterocycles. The van der Waals surface area contributed by atoms with Crippen molar-refractivity contribution in [3.63, 3.8) is 0 Å². The lowest BCUT2D eigenvalue weighted by Crippen LogP contribution is -2.43. The standard InChI is InChI=1S/C15H29NO4S/c1-14(2,3)8-10-21-9-7-11(12(17)18)16-13(19)20-15(4,5)6/h11H,7-10H2,1-6H3,(H,16,19)(H,17,18)/t11-/m0/s1. The fourth-order valence-corrected chi connectivity index (χ4v) is 2.75. The van der Waals surface area contributed by atoms with E-state index in [4.69, 9.17) is 9.84 Å². The number of carbonyl (C=O) groups is 2. The van der Waals surface area contributed by atoms with Gasteiger partial charge in [0, 0.05) is 0 Å². The summed E-state index contributed by atoms with van der Waals surface area (Å²) in [5.41, 5.74) is -0.345. The molecule has 0 spiro atoms. The third-order valence-electron chi connectivity index (χ3n) is 2.54. The average molecular weight is 319 g/mol. The predicted octanol–water partition coefficient (Wildman–Crippen LogP) is 3.52. The maximum absolute atomic E-state index is 11.6. The van der Waals surface area contributed by atoms with Crippen molar-refractivity contribution in [1.29, 1.82) is 0 Å². The van der Waals surface area contributed by atoms with E-state index >= 15 is 0 Å². The summed E-state index contributed by atoms with van der Waals surface area (Å²) in [5, 5.41) is 11.5. The Labute approximate surface area is 132 Å².